The number of nitrogens with zero attached hydrogens (tertiary/aromatic N) is 2. The second-order valence-corrected chi connectivity index (χ2v) is 6.01. The van der Waals surface area contributed by atoms with Crippen LogP contribution in [0.4, 0.5) is 4.79 Å². The van der Waals surface area contributed by atoms with Crippen molar-refractivity contribution in [3.8, 4) is 0 Å². The van der Waals surface area contributed by atoms with E-state index >= 15 is 0 Å². The van der Waals surface area contributed by atoms with Crippen molar-refractivity contribution in [3.05, 3.63) is 0 Å². The highest BCUT2D eigenvalue weighted by Crippen LogP contribution is 2.38. The largest absolute Gasteiger partial charge is 0.443 e. The second-order valence-electron chi connectivity index (χ2n) is 6.01. The molecule has 2 fully saturated rings. The molecule has 2 aliphatic rings. The highest BCUT2D eigenvalue weighted by atomic mass is 16.6. The van der Waals surface area contributed by atoms with Gasteiger partial charge in [-0.2, -0.15) is 5.10 Å². The number of fused-ring (bicyclic) bond motifs is 2. The number of ether oxygens (including phenoxy) is 1. The van der Waals surface area contributed by atoms with Crippen LogP contribution in [-0.4, -0.2) is 42.4 Å². The smallest absolute Gasteiger partial charge is 0.428 e. The summed E-state index contributed by atoms with van der Waals surface area (Å²) in [5.74, 6) is 0. The average Bonchev–Trinajstić information content (AvgIpc) is 2.74. The van der Waals surface area contributed by atoms with Gasteiger partial charge in [0, 0.05) is 18.2 Å². The van der Waals surface area contributed by atoms with E-state index < -0.39 is 11.7 Å². The van der Waals surface area contributed by atoms with E-state index in [1.807, 2.05) is 27.0 Å². The predicted molar refractivity (Wildman–Crippen MR) is 66.0 cm³/mol. The normalized spacial score (nSPS) is 32.1. The summed E-state index contributed by atoms with van der Waals surface area (Å²) in [4.78, 5) is 13.8. The van der Waals surface area contributed by atoms with Crippen molar-refractivity contribution in [1.82, 2.24) is 10.3 Å². The molecule has 0 spiro atoms. The summed E-state index contributed by atoms with van der Waals surface area (Å²) in [5.41, 5.74) is 2.15. The molecule has 0 aromatic rings. The fourth-order valence-corrected chi connectivity index (χ4v) is 2.45. The fourth-order valence-electron chi connectivity index (χ4n) is 2.45. The third-order valence-corrected chi connectivity index (χ3v) is 3.28. The average molecular weight is 239 g/mol. The van der Waals surface area contributed by atoms with Gasteiger partial charge in [-0.25, -0.2) is 10.2 Å². The molecular formula is C12H21N3O2. The Balaban J connectivity index is 1.80. The number of carbonyl (C=O) groups excluding carboxylic acids is 1. The van der Waals surface area contributed by atoms with Crippen molar-refractivity contribution in [2.75, 3.05) is 19.6 Å². The van der Waals surface area contributed by atoms with Crippen LogP contribution in [0.15, 0.2) is 5.10 Å². The molecule has 5 nitrogen and oxygen atoms in total. The number of rotatable bonds is 2. The molecule has 5 heteroatoms. The third kappa shape index (κ3) is 3.19. The molecule has 0 unspecified atom stereocenters. The summed E-state index contributed by atoms with van der Waals surface area (Å²) < 4.78 is 5.11. The summed E-state index contributed by atoms with van der Waals surface area (Å²) in [7, 11) is 0. The predicted octanol–water partition coefficient (Wildman–Crippen LogP) is 1.59. The lowest BCUT2D eigenvalue weighted by Crippen LogP contribution is -2.31. The van der Waals surface area contributed by atoms with Gasteiger partial charge in [-0.3, -0.25) is 0 Å². The topological polar surface area (TPSA) is 53.9 Å². The second kappa shape index (κ2) is 4.29. The zero-order valence-corrected chi connectivity index (χ0v) is 10.8. The zero-order valence-electron chi connectivity index (χ0n) is 10.8. The number of carbonyl (C=O) groups is 1. The summed E-state index contributed by atoms with van der Waals surface area (Å²) in [6.07, 6.45) is 3.70. The molecule has 2 aliphatic heterocycles. The van der Waals surface area contributed by atoms with Crippen LogP contribution in [-0.2, 0) is 4.74 Å². The molecule has 1 amide bonds. The van der Waals surface area contributed by atoms with Crippen molar-refractivity contribution in [1.29, 1.82) is 0 Å². The van der Waals surface area contributed by atoms with Crippen molar-refractivity contribution >= 4 is 12.3 Å². The van der Waals surface area contributed by atoms with Crippen LogP contribution in [0.2, 0.25) is 0 Å². The Labute approximate surface area is 102 Å². The highest BCUT2D eigenvalue weighted by Gasteiger charge is 2.42. The minimum atomic E-state index is -0.488. The highest BCUT2D eigenvalue weighted by molar-refractivity contribution is 5.72. The SMILES string of the molecule is CC(C)(C)OC(=O)N/N=C/C12CCN(CC1)C2. The zero-order chi connectivity index (χ0) is 12.5. The van der Waals surface area contributed by atoms with Gasteiger partial charge in [0.25, 0.3) is 0 Å². The molecule has 17 heavy (non-hydrogen) atoms. The van der Waals surface area contributed by atoms with E-state index in [1.165, 1.54) is 0 Å². The first-order chi connectivity index (χ1) is 7.89. The van der Waals surface area contributed by atoms with Gasteiger partial charge in [-0.15, -0.1) is 0 Å². The molecule has 2 saturated heterocycles. The maximum Gasteiger partial charge on any atom is 0.428 e. The van der Waals surface area contributed by atoms with Crippen LogP contribution in [0.3, 0.4) is 0 Å². The van der Waals surface area contributed by atoms with E-state index in [-0.39, 0.29) is 5.41 Å². The minimum absolute atomic E-state index is 0.189. The Morgan fingerprint density at radius 2 is 2.06 bits per heavy atom. The third-order valence-electron chi connectivity index (χ3n) is 3.28. The van der Waals surface area contributed by atoms with Gasteiger partial charge in [-0.1, -0.05) is 0 Å². The summed E-state index contributed by atoms with van der Waals surface area (Å²) in [6, 6.07) is 0. The van der Waals surface area contributed by atoms with Crippen molar-refractivity contribution in [2.24, 2.45) is 10.5 Å². The van der Waals surface area contributed by atoms with Crippen LogP contribution in [0.5, 0.6) is 0 Å². The van der Waals surface area contributed by atoms with Crippen LogP contribution in [0.25, 0.3) is 0 Å². The van der Waals surface area contributed by atoms with Gasteiger partial charge in [0.2, 0.25) is 0 Å². The monoisotopic (exact) mass is 239 g/mol. The van der Waals surface area contributed by atoms with Gasteiger partial charge in [0.05, 0.1) is 0 Å². The molecule has 1 N–H and O–H groups in total. The molecule has 2 rings (SSSR count). The van der Waals surface area contributed by atoms with Gasteiger partial charge in [0.1, 0.15) is 5.60 Å². The van der Waals surface area contributed by atoms with Gasteiger partial charge in [-0.05, 0) is 46.7 Å². The lowest BCUT2D eigenvalue weighted by molar-refractivity contribution is 0.0529. The molecule has 2 heterocycles. The Morgan fingerprint density at radius 1 is 1.41 bits per heavy atom. The number of amides is 1. The fraction of sp³-hybridized carbons (Fsp3) is 0.833. The van der Waals surface area contributed by atoms with Gasteiger partial charge >= 0.3 is 6.09 Å². The maximum atomic E-state index is 11.4. The van der Waals surface area contributed by atoms with Gasteiger partial charge in [0.15, 0.2) is 0 Å². The number of hydrogen-bond acceptors (Lipinski definition) is 4. The van der Waals surface area contributed by atoms with Crippen LogP contribution >= 0.6 is 0 Å². The van der Waals surface area contributed by atoms with E-state index in [0.717, 1.165) is 32.5 Å². The molecule has 2 bridgehead atoms. The van der Waals surface area contributed by atoms with E-state index in [2.05, 4.69) is 15.4 Å². The number of nitrogens with one attached hydrogen (secondary N) is 1. The van der Waals surface area contributed by atoms with Crippen molar-refractivity contribution in [3.63, 3.8) is 0 Å². The first-order valence-corrected chi connectivity index (χ1v) is 6.14. The van der Waals surface area contributed by atoms with Crippen LogP contribution in [0.1, 0.15) is 33.6 Å². The Bertz CT molecular complexity index is 325. The first-order valence-electron chi connectivity index (χ1n) is 6.14. The Kier molecular flexibility index (Phi) is 3.12. The summed E-state index contributed by atoms with van der Waals surface area (Å²) in [5, 5.41) is 4.03. The molecule has 0 radical (unpaired) electrons. The quantitative estimate of drug-likeness (QED) is 0.588. The van der Waals surface area contributed by atoms with E-state index in [4.69, 9.17) is 4.74 Å². The standard InChI is InChI=1S/C12H21N3O2/c1-11(2,3)17-10(16)14-13-8-12-4-6-15(9-12)7-5-12/h8H,4-7,9H2,1-3H3,(H,14,16)/b13-8+. The summed E-state index contributed by atoms with van der Waals surface area (Å²) >= 11 is 0. The molecule has 0 saturated carbocycles. The minimum Gasteiger partial charge on any atom is -0.443 e. The van der Waals surface area contributed by atoms with Crippen LogP contribution in [0, 0.1) is 5.41 Å². The van der Waals surface area contributed by atoms with Crippen molar-refractivity contribution < 1.29 is 9.53 Å². The number of hydrogen-bond donors (Lipinski definition) is 1. The lowest BCUT2D eigenvalue weighted by atomic mass is 9.86. The molecular weight excluding hydrogens is 218 g/mol. The van der Waals surface area contributed by atoms with E-state index in [1.54, 1.807) is 0 Å². The lowest BCUT2D eigenvalue weighted by Gasteiger charge is -2.20. The maximum absolute atomic E-state index is 11.4. The Hall–Kier alpha value is -1.10. The molecule has 96 valence electrons. The van der Waals surface area contributed by atoms with E-state index in [9.17, 15) is 4.79 Å². The number of piperidine rings is 1. The molecule has 0 aliphatic carbocycles. The summed E-state index contributed by atoms with van der Waals surface area (Å²) in [6.45, 7) is 8.88. The van der Waals surface area contributed by atoms with E-state index in [0.29, 0.717) is 0 Å². The Morgan fingerprint density at radius 3 is 2.53 bits per heavy atom. The van der Waals surface area contributed by atoms with Gasteiger partial charge < -0.3 is 9.64 Å². The van der Waals surface area contributed by atoms with Crippen molar-refractivity contribution in [2.45, 2.75) is 39.2 Å². The van der Waals surface area contributed by atoms with Crippen LogP contribution < -0.4 is 5.43 Å². The number of hydrazone groups is 1. The molecule has 0 aromatic carbocycles. The first kappa shape index (κ1) is 12.4. The molecule has 0 aromatic heterocycles. The molecule has 0 atom stereocenters.